The highest BCUT2D eigenvalue weighted by Crippen LogP contribution is 2.25. The summed E-state index contributed by atoms with van der Waals surface area (Å²) in [7, 11) is 0. The van der Waals surface area contributed by atoms with Crippen molar-refractivity contribution >= 4 is 52.0 Å². The monoisotopic (exact) mass is 338 g/mol. The summed E-state index contributed by atoms with van der Waals surface area (Å²) in [4.78, 5) is 12.3. The van der Waals surface area contributed by atoms with Crippen molar-refractivity contribution in [1.82, 2.24) is 0 Å². The summed E-state index contributed by atoms with van der Waals surface area (Å²) in [5.74, 6) is -0.142. The molecule has 0 spiro atoms. The van der Waals surface area contributed by atoms with Gasteiger partial charge in [0, 0.05) is 11.3 Å². The maximum absolute atomic E-state index is 12.0. The lowest BCUT2D eigenvalue weighted by Crippen LogP contribution is -2.14. The first kappa shape index (κ1) is 15.8. The van der Waals surface area contributed by atoms with Crippen LogP contribution in [0.15, 0.2) is 42.5 Å². The second kappa shape index (κ2) is 6.89. The van der Waals surface area contributed by atoms with E-state index in [9.17, 15) is 4.79 Å². The van der Waals surface area contributed by atoms with Gasteiger partial charge >= 0.3 is 0 Å². The van der Waals surface area contributed by atoms with Crippen LogP contribution < -0.4 is 11.1 Å². The lowest BCUT2D eigenvalue weighted by Gasteiger charge is -2.07. The normalized spacial score (nSPS) is 10.2. The molecule has 0 heterocycles. The van der Waals surface area contributed by atoms with E-state index in [0.29, 0.717) is 20.7 Å². The lowest BCUT2D eigenvalue weighted by atomic mass is 10.1. The number of benzene rings is 2. The van der Waals surface area contributed by atoms with Crippen LogP contribution in [0.5, 0.6) is 0 Å². The molecule has 0 bridgehead atoms. The molecule has 108 valence electrons. The quantitative estimate of drug-likeness (QED) is 0.833. The molecule has 0 fully saturated rings. The van der Waals surface area contributed by atoms with E-state index in [-0.39, 0.29) is 12.3 Å². The Labute approximate surface area is 138 Å². The van der Waals surface area contributed by atoms with Crippen molar-refractivity contribution in [3.8, 4) is 0 Å². The van der Waals surface area contributed by atoms with Gasteiger partial charge in [0.25, 0.3) is 0 Å². The number of nitrogens with two attached hydrogens (primary N) is 1. The lowest BCUT2D eigenvalue weighted by molar-refractivity contribution is -0.115. The first-order valence-electron chi connectivity index (χ1n) is 6.09. The zero-order valence-electron chi connectivity index (χ0n) is 10.9. The maximum atomic E-state index is 12.0. The number of nitrogens with one attached hydrogen (secondary N) is 1. The van der Waals surface area contributed by atoms with Gasteiger partial charge in [-0.25, -0.2) is 0 Å². The first-order valence-corrected chi connectivity index (χ1v) is 7.26. The largest absolute Gasteiger partial charge is 0.389 e. The molecule has 0 unspecified atom stereocenters. The van der Waals surface area contributed by atoms with Crippen molar-refractivity contribution in [2.45, 2.75) is 6.42 Å². The summed E-state index contributed by atoms with van der Waals surface area (Å²) in [6.45, 7) is 0. The van der Waals surface area contributed by atoms with Crippen LogP contribution >= 0.6 is 35.4 Å². The molecule has 2 rings (SSSR count). The number of anilines is 1. The highest BCUT2D eigenvalue weighted by atomic mass is 35.5. The van der Waals surface area contributed by atoms with Crippen molar-refractivity contribution in [3.63, 3.8) is 0 Å². The Bertz CT molecular complexity index is 687. The highest BCUT2D eigenvalue weighted by Gasteiger charge is 2.06. The van der Waals surface area contributed by atoms with Gasteiger partial charge in [0.1, 0.15) is 4.99 Å². The summed E-state index contributed by atoms with van der Waals surface area (Å²) < 4.78 is 0. The molecular weight excluding hydrogens is 327 g/mol. The summed E-state index contributed by atoms with van der Waals surface area (Å²) in [6.07, 6.45) is 0.248. The molecule has 2 aromatic rings. The van der Waals surface area contributed by atoms with Crippen LogP contribution in [-0.4, -0.2) is 10.9 Å². The smallest absolute Gasteiger partial charge is 0.228 e. The minimum atomic E-state index is -0.142. The van der Waals surface area contributed by atoms with Gasteiger partial charge in [0.2, 0.25) is 5.91 Å². The molecule has 0 radical (unpaired) electrons. The molecule has 1 amide bonds. The second-order valence-electron chi connectivity index (χ2n) is 4.42. The number of carbonyl (C=O) groups excluding carboxylic acids is 1. The topological polar surface area (TPSA) is 55.1 Å². The van der Waals surface area contributed by atoms with Crippen molar-refractivity contribution in [2.24, 2.45) is 5.73 Å². The molecule has 0 aromatic heterocycles. The number of halogens is 2. The van der Waals surface area contributed by atoms with E-state index in [1.165, 1.54) is 0 Å². The summed E-state index contributed by atoms with van der Waals surface area (Å²) in [5, 5.41) is 3.61. The Morgan fingerprint density at radius 1 is 1.10 bits per heavy atom. The van der Waals surface area contributed by atoms with Gasteiger partial charge in [-0.1, -0.05) is 59.7 Å². The summed E-state index contributed by atoms with van der Waals surface area (Å²) in [6, 6.07) is 12.2. The molecule has 21 heavy (non-hydrogen) atoms. The molecular formula is C15H12Cl2N2OS. The fourth-order valence-corrected chi connectivity index (χ4v) is 2.19. The van der Waals surface area contributed by atoms with Gasteiger partial charge in [-0.15, -0.1) is 0 Å². The number of hydrogen-bond acceptors (Lipinski definition) is 2. The SMILES string of the molecule is NC(=S)c1ccc(CC(=O)Nc2ccc(Cl)c(Cl)c2)cc1. The summed E-state index contributed by atoms with van der Waals surface area (Å²) >= 11 is 16.6. The zero-order chi connectivity index (χ0) is 15.4. The Hall–Kier alpha value is -1.62. The van der Waals surface area contributed by atoms with Crippen LogP contribution in [0.4, 0.5) is 5.69 Å². The molecule has 3 N–H and O–H groups in total. The van der Waals surface area contributed by atoms with Gasteiger partial charge in [0.05, 0.1) is 16.5 Å². The molecule has 6 heteroatoms. The van der Waals surface area contributed by atoms with E-state index in [4.69, 9.17) is 41.2 Å². The zero-order valence-corrected chi connectivity index (χ0v) is 13.2. The average Bonchev–Trinajstić information content (AvgIpc) is 2.43. The molecule has 0 aliphatic heterocycles. The Morgan fingerprint density at radius 2 is 1.76 bits per heavy atom. The number of hydrogen-bond donors (Lipinski definition) is 2. The molecule has 0 saturated carbocycles. The third-order valence-electron chi connectivity index (χ3n) is 2.81. The average molecular weight is 339 g/mol. The predicted molar refractivity (Wildman–Crippen MR) is 91.1 cm³/mol. The molecule has 0 aliphatic rings. The van der Waals surface area contributed by atoms with E-state index in [1.54, 1.807) is 30.3 Å². The van der Waals surface area contributed by atoms with E-state index in [2.05, 4.69) is 5.32 Å². The third-order valence-corrected chi connectivity index (χ3v) is 3.78. The van der Waals surface area contributed by atoms with Crippen LogP contribution in [0.1, 0.15) is 11.1 Å². The minimum Gasteiger partial charge on any atom is -0.389 e. The molecule has 2 aromatic carbocycles. The number of rotatable bonds is 4. The van der Waals surface area contributed by atoms with Gasteiger partial charge in [-0.2, -0.15) is 0 Å². The standard InChI is InChI=1S/C15H12Cl2N2OS/c16-12-6-5-11(8-13(12)17)19-14(20)7-9-1-3-10(4-2-9)15(18)21/h1-6,8H,7H2,(H2,18,21)(H,19,20). The van der Waals surface area contributed by atoms with Crippen LogP contribution in [0.3, 0.4) is 0 Å². The fourth-order valence-electron chi connectivity index (χ4n) is 1.75. The molecule has 0 saturated heterocycles. The molecule has 0 aliphatic carbocycles. The van der Waals surface area contributed by atoms with E-state index in [0.717, 1.165) is 11.1 Å². The van der Waals surface area contributed by atoms with Gasteiger partial charge in [0.15, 0.2) is 0 Å². The molecule has 0 atom stereocenters. The Kier molecular flexibility index (Phi) is 5.17. The van der Waals surface area contributed by atoms with Crippen LogP contribution in [-0.2, 0) is 11.2 Å². The van der Waals surface area contributed by atoms with Gasteiger partial charge in [-0.3, -0.25) is 4.79 Å². The summed E-state index contributed by atoms with van der Waals surface area (Å²) in [5.41, 5.74) is 7.77. The van der Waals surface area contributed by atoms with Crippen molar-refractivity contribution in [3.05, 3.63) is 63.6 Å². The van der Waals surface area contributed by atoms with E-state index >= 15 is 0 Å². The number of amides is 1. The Balaban J connectivity index is 2.01. The van der Waals surface area contributed by atoms with Crippen LogP contribution in [0.2, 0.25) is 10.0 Å². The highest BCUT2D eigenvalue weighted by molar-refractivity contribution is 7.80. The maximum Gasteiger partial charge on any atom is 0.228 e. The predicted octanol–water partition coefficient (Wildman–Crippen LogP) is 3.81. The Morgan fingerprint density at radius 3 is 2.33 bits per heavy atom. The van der Waals surface area contributed by atoms with Crippen molar-refractivity contribution in [1.29, 1.82) is 0 Å². The number of thiocarbonyl (C=S) groups is 1. The van der Waals surface area contributed by atoms with Crippen LogP contribution in [0.25, 0.3) is 0 Å². The van der Waals surface area contributed by atoms with Crippen molar-refractivity contribution < 1.29 is 4.79 Å². The molecule has 3 nitrogen and oxygen atoms in total. The number of carbonyl (C=O) groups is 1. The second-order valence-corrected chi connectivity index (χ2v) is 5.67. The van der Waals surface area contributed by atoms with Gasteiger partial charge < -0.3 is 11.1 Å². The van der Waals surface area contributed by atoms with E-state index in [1.807, 2.05) is 12.1 Å². The van der Waals surface area contributed by atoms with Crippen molar-refractivity contribution in [2.75, 3.05) is 5.32 Å². The van der Waals surface area contributed by atoms with Gasteiger partial charge in [-0.05, 0) is 23.8 Å². The van der Waals surface area contributed by atoms with Crippen LogP contribution in [0, 0.1) is 0 Å². The third kappa shape index (κ3) is 4.43. The minimum absolute atomic E-state index is 0.142. The first-order chi connectivity index (χ1) is 9.95. The fraction of sp³-hybridized carbons (Fsp3) is 0.0667. The van der Waals surface area contributed by atoms with E-state index < -0.39 is 0 Å².